The smallest absolute Gasteiger partial charge is 0.358 e. The largest absolute Gasteiger partial charge is 0.501 e. The summed E-state index contributed by atoms with van der Waals surface area (Å²) >= 11 is 0. The number of H-pyrrole nitrogens is 1. The van der Waals surface area contributed by atoms with Gasteiger partial charge in [0.2, 0.25) is 5.75 Å². The van der Waals surface area contributed by atoms with Crippen LogP contribution in [0.5, 0.6) is 17.2 Å². The topological polar surface area (TPSA) is 122 Å². The van der Waals surface area contributed by atoms with Crippen LogP contribution in [-0.4, -0.2) is 33.3 Å². The van der Waals surface area contributed by atoms with Crippen LogP contribution in [0.25, 0.3) is 11.4 Å². The van der Waals surface area contributed by atoms with Crippen molar-refractivity contribution in [2.75, 3.05) is 7.11 Å². The lowest BCUT2D eigenvalue weighted by atomic mass is 10.2. The molecule has 8 heteroatoms. The molecule has 1 aromatic heterocycles. The fraction of sp³-hybridized carbons (Fsp3) is 0.105. The number of aromatic nitrogens is 2. The van der Waals surface area contributed by atoms with E-state index in [2.05, 4.69) is 9.97 Å². The van der Waals surface area contributed by atoms with Crippen LogP contribution in [0.2, 0.25) is 0 Å². The Balaban J connectivity index is 1.83. The predicted octanol–water partition coefficient (Wildman–Crippen LogP) is 2.43. The van der Waals surface area contributed by atoms with Gasteiger partial charge in [0, 0.05) is 5.56 Å². The fourth-order valence-corrected chi connectivity index (χ4v) is 2.37. The van der Waals surface area contributed by atoms with Gasteiger partial charge in [-0.3, -0.25) is 4.79 Å². The van der Waals surface area contributed by atoms with Crippen LogP contribution in [-0.2, 0) is 6.61 Å². The van der Waals surface area contributed by atoms with Gasteiger partial charge in [0.05, 0.1) is 7.11 Å². The Morgan fingerprint density at radius 2 is 1.89 bits per heavy atom. The zero-order chi connectivity index (χ0) is 19.4. The molecule has 0 saturated carbocycles. The first kappa shape index (κ1) is 18.0. The summed E-state index contributed by atoms with van der Waals surface area (Å²) in [6.45, 7) is 0.313. The van der Waals surface area contributed by atoms with Gasteiger partial charge >= 0.3 is 5.97 Å². The van der Waals surface area contributed by atoms with Gasteiger partial charge in [0.25, 0.3) is 5.56 Å². The van der Waals surface area contributed by atoms with Crippen molar-refractivity contribution in [2.45, 2.75) is 6.61 Å². The maximum atomic E-state index is 11.7. The highest BCUT2D eigenvalue weighted by molar-refractivity contribution is 5.88. The van der Waals surface area contributed by atoms with E-state index in [1.807, 2.05) is 24.3 Å². The highest BCUT2D eigenvalue weighted by Crippen LogP contribution is 2.23. The molecule has 8 nitrogen and oxygen atoms in total. The molecular formula is C19H16N2O6. The molecule has 3 N–H and O–H groups in total. The number of rotatable bonds is 6. The number of hydrogen-bond donors (Lipinski definition) is 3. The van der Waals surface area contributed by atoms with E-state index in [1.54, 1.807) is 31.4 Å². The Hall–Kier alpha value is -3.81. The van der Waals surface area contributed by atoms with Gasteiger partial charge in [0.15, 0.2) is 5.69 Å². The number of aromatic hydroxyl groups is 1. The van der Waals surface area contributed by atoms with Gasteiger partial charge in [-0.15, -0.1) is 0 Å². The lowest BCUT2D eigenvalue weighted by Crippen LogP contribution is -2.15. The number of nitrogens with one attached hydrogen (secondary N) is 1. The van der Waals surface area contributed by atoms with E-state index in [0.717, 1.165) is 11.3 Å². The summed E-state index contributed by atoms with van der Waals surface area (Å²) in [7, 11) is 1.59. The van der Waals surface area contributed by atoms with Crippen molar-refractivity contribution in [3.63, 3.8) is 0 Å². The standard InChI is InChI=1S/C19H16N2O6/c1-26-13-7-5-11(6-8-13)10-27-14-4-2-3-12(9-14)17-20-15(19(24)25)16(22)18(23)21-17/h2-9,22H,10H2,1H3,(H,24,25)(H,20,21,23). The molecule has 0 aliphatic rings. The predicted molar refractivity (Wildman–Crippen MR) is 96.2 cm³/mol. The molecule has 0 aliphatic heterocycles. The van der Waals surface area contributed by atoms with Crippen molar-refractivity contribution in [1.82, 2.24) is 9.97 Å². The minimum absolute atomic E-state index is 0.0186. The van der Waals surface area contributed by atoms with Crippen molar-refractivity contribution < 1.29 is 24.5 Å². The van der Waals surface area contributed by atoms with Crippen LogP contribution >= 0.6 is 0 Å². The summed E-state index contributed by atoms with van der Waals surface area (Å²) in [4.78, 5) is 29.0. The van der Waals surface area contributed by atoms with Crippen LogP contribution in [0, 0.1) is 0 Å². The number of carboxylic acid groups (broad SMARTS) is 1. The lowest BCUT2D eigenvalue weighted by molar-refractivity contribution is 0.0686. The number of carboxylic acids is 1. The van der Waals surface area contributed by atoms with Gasteiger partial charge in [-0.2, -0.15) is 0 Å². The van der Waals surface area contributed by atoms with Crippen LogP contribution in [0.15, 0.2) is 53.3 Å². The Labute approximate surface area is 153 Å². The summed E-state index contributed by atoms with van der Waals surface area (Å²) in [5.41, 5.74) is -0.257. The number of methoxy groups -OCH3 is 1. The molecule has 3 aromatic rings. The molecule has 0 spiro atoms. The van der Waals surface area contributed by atoms with Gasteiger partial charge in [0.1, 0.15) is 23.9 Å². The van der Waals surface area contributed by atoms with E-state index in [9.17, 15) is 14.7 Å². The molecule has 0 radical (unpaired) electrons. The number of hydrogen-bond acceptors (Lipinski definition) is 6. The van der Waals surface area contributed by atoms with E-state index in [0.29, 0.717) is 17.9 Å². The average Bonchev–Trinajstić information content (AvgIpc) is 2.68. The molecule has 2 aromatic carbocycles. The minimum atomic E-state index is -1.49. The van der Waals surface area contributed by atoms with Crippen molar-refractivity contribution >= 4 is 5.97 Å². The number of aromatic carboxylic acids is 1. The van der Waals surface area contributed by atoms with Crippen molar-refractivity contribution in [3.05, 3.63) is 70.1 Å². The third kappa shape index (κ3) is 4.06. The highest BCUT2D eigenvalue weighted by atomic mass is 16.5. The number of carbonyl (C=O) groups is 1. The van der Waals surface area contributed by atoms with Crippen LogP contribution in [0.1, 0.15) is 16.1 Å². The first-order chi connectivity index (χ1) is 13.0. The molecule has 0 aliphatic carbocycles. The molecular weight excluding hydrogens is 352 g/mol. The van der Waals surface area contributed by atoms with Gasteiger partial charge in [-0.1, -0.05) is 24.3 Å². The monoisotopic (exact) mass is 368 g/mol. The second-order valence-corrected chi connectivity index (χ2v) is 5.58. The van der Waals surface area contributed by atoms with Gasteiger partial charge < -0.3 is 24.7 Å². The first-order valence-electron chi connectivity index (χ1n) is 7.90. The summed E-state index contributed by atoms with van der Waals surface area (Å²) in [5.74, 6) is -1.15. The second-order valence-electron chi connectivity index (χ2n) is 5.58. The third-order valence-electron chi connectivity index (χ3n) is 3.77. The Bertz CT molecular complexity index is 1030. The van der Waals surface area contributed by atoms with Crippen molar-refractivity contribution in [3.8, 4) is 28.6 Å². The molecule has 0 bridgehead atoms. The Kier molecular flexibility index (Phi) is 5.07. The zero-order valence-electron chi connectivity index (χ0n) is 14.3. The van der Waals surface area contributed by atoms with E-state index in [-0.39, 0.29) is 5.82 Å². The molecule has 27 heavy (non-hydrogen) atoms. The summed E-state index contributed by atoms with van der Waals surface area (Å²) in [6, 6.07) is 14.1. The quantitative estimate of drug-likeness (QED) is 0.611. The number of nitrogens with zero attached hydrogens (tertiary/aromatic N) is 1. The first-order valence-corrected chi connectivity index (χ1v) is 7.90. The van der Waals surface area contributed by atoms with Gasteiger partial charge in [-0.05, 0) is 29.8 Å². The van der Waals surface area contributed by atoms with Crippen molar-refractivity contribution in [2.24, 2.45) is 0 Å². The zero-order valence-corrected chi connectivity index (χ0v) is 14.3. The average molecular weight is 368 g/mol. The van der Waals surface area contributed by atoms with Crippen LogP contribution in [0.4, 0.5) is 0 Å². The molecule has 3 rings (SSSR count). The Morgan fingerprint density at radius 1 is 1.15 bits per heavy atom. The molecule has 0 saturated heterocycles. The fourth-order valence-electron chi connectivity index (χ4n) is 2.37. The van der Waals surface area contributed by atoms with Crippen LogP contribution < -0.4 is 15.0 Å². The lowest BCUT2D eigenvalue weighted by Gasteiger charge is -2.09. The number of ether oxygens (including phenoxy) is 2. The SMILES string of the molecule is COc1ccc(COc2cccc(-c3nc(C(=O)O)c(O)c(=O)[nH]3)c2)cc1. The molecule has 0 fully saturated rings. The number of benzene rings is 2. The molecule has 0 unspecified atom stereocenters. The van der Waals surface area contributed by atoms with E-state index in [1.165, 1.54) is 0 Å². The number of aromatic amines is 1. The van der Waals surface area contributed by atoms with Crippen LogP contribution in [0.3, 0.4) is 0 Å². The normalized spacial score (nSPS) is 10.4. The maximum Gasteiger partial charge on any atom is 0.358 e. The summed E-state index contributed by atoms with van der Waals surface area (Å²) in [6.07, 6.45) is 0. The van der Waals surface area contributed by atoms with Crippen molar-refractivity contribution in [1.29, 1.82) is 0 Å². The molecule has 138 valence electrons. The third-order valence-corrected chi connectivity index (χ3v) is 3.77. The van der Waals surface area contributed by atoms with E-state index in [4.69, 9.17) is 14.6 Å². The Morgan fingerprint density at radius 3 is 2.56 bits per heavy atom. The minimum Gasteiger partial charge on any atom is -0.501 e. The molecule has 0 amide bonds. The summed E-state index contributed by atoms with van der Waals surface area (Å²) in [5, 5.41) is 18.6. The summed E-state index contributed by atoms with van der Waals surface area (Å²) < 4.78 is 10.8. The maximum absolute atomic E-state index is 11.7. The van der Waals surface area contributed by atoms with E-state index < -0.39 is 23.0 Å². The molecule has 0 atom stereocenters. The molecule has 1 heterocycles. The highest BCUT2D eigenvalue weighted by Gasteiger charge is 2.17. The van der Waals surface area contributed by atoms with E-state index >= 15 is 0 Å². The second kappa shape index (κ2) is 7.61. The van der Waals surface area contributed by atoms with Gasteiger partial charge in [-0.25, -0.2) is 9.78 Å².